The van der Waals surface area contributed by atoms with Gasteiger partial charge in [-0.05, 0) is 34.2 Å². The summed E-state index contributed by atoms with van der Waals surface area (Å²) in [4.78, 5) is 11.2. The van der Waals surface area contributed by atoms with Crippen LogP contribution < -0.4 is 0 Å². The smallest absolute Gasteiger partial charge is 0.168 e. The van der Waals surface area contributed by atoms with Crippen molar-refractivity contribution in [1.29, 1.82) is 0 Å². The van der Waals surface area contributed by atoms with Crippen LogP contribution in [0, 0.1) is 0 Å². The van der Waals surface area contributed by atoms with Gasteiger partial charge in [0.05, 0.1) is 3.58 Å². The van der Waals surface area contributed by atoms with Crippen LogP contribution in [0.2, 0.25) is 0 Å². The summed E-state index contributed by atoms with van der Waals surface area (Å²) in [6.07, 6.45) is 2.48. The number of benzene rings is 1. The molecule has 0 aromatic heterocycles. The molecule has 1 nitrogen and oxygen atoms in total. The minimum absolute atomic E-state index is 0.199. The Bertz CT molecular complexity index is 314. The van der Waals surface area contributed by atoms with Crippen molar-refractivity contribution in [2.75, 3.05) is 0 Å². The number of ketones is 1. The fourth-order valence-corrected chi connectivity index (χ4v) is 1.69. The molecule has 2 heteroatoms. The lowest BCUT2D eigenvalue weighted by molar-refractivity contribution is -0.114. The summed E-state index contributed by atoms with van der Waals surface area (Å²) in [6, 6.07) is 9.87. The van der Waals surface area contributed by atoms with Crippen molar-refractivity contribution in [3.63, 3.8) is 0 Å². The van der Waals surface area contributed by atoms with E-state index in [1.54, 1.807) is 0 Å². The summed E-state index contributed by atoms with van der Waals surface area (Å²) in [6.45, 7) is 1.87. The van der Waals surface area contributed by atoms with Gasteiger partial charge in [0.15, 0.2) is 5.78 Å². The zero-order chi connectivity index (χ0) is 9.68. The van der Waals surface area contributed by atoms with Crippen LogP contribution in [0.4, 0.5) is 0 Å². The Kier molecular flexibility index (Phi) is 4.15. The van der Waals surface area contributed by atoms with Gasteiger partial charge in [0.2, 0.25) is 0 Å². The molecule has 0 fully saturated rings. The van der Waals surface area contributed by atoms with E-state index in [1.807, 2.05) is 43.3 Å². The Morgan fingerprint density at radius 3 is 2.54 bits per heavy atom. The molecule has 0 saturated carbocycles. The number of Topliss-reactive ketones (excluding diaryl/α,β-unsaturated/α-hetero) is 1. The molecule has 0 heterocycles. The monoisotopic (exact) mass is 286 g/mol. The molecule has 0 spiro atoms. The third-order valence-electron chi connectivity index (χ3n) is 1.68. The van der Waals surface area contributed by atoms with Crippen molar-refractivity contribution in [2.24, 2.45) is 0 Å². The molecule has 0 radical (unpaired) electrons. The van der Waals surface area contributed by atoms with Gasteiger partial charge in [-0.15, -0.1) is 0 Å². The van der Waals surface area contributed by atoms with Crippen LogP contribution >= 0.6 is 22.6 Å². The predicted octanol–water partition coefficient (Wildman–Crippen LogP) is 3.44. The van der Waals surface area contributed by atoms with Crippen LogP contribution in [0.15, 0.2) is 33.9 Å². The molecule has 0 N–H and O–H groups in total. The van der Waals surface area contributed by atoms with Crippen LogP contribution in [-0.2, 0) is 4.79 Å². The Morgan fingerprint density at radius 2 is 2.00 bits per heavy atom. The average molecular weight is 286 g/mol. The molecular weight excluding hydrogens is 275 g/mol. The molecule has 13 heavy (non-hydrogen) atoms. The Balaban J connectivity index is 2.83. The molecule has 0 aliphatic heterocycles. The highest BCUT2D eigenvalue weighted by Crippen LogP contribution is 2.14. The van der Waals surface area contributed by atoms with E-state index in [4.69, 9.17) is 0 Å². The Morgan fingerprint density at radius 1 is 1.38 bits per heavy atom. The number of allylic oxidation sites excluding steroid dienone is 1. The van der Waals surface area contributed by atoms with E-state index in [1.165, 1.54) is 0 Å². The van der Waals surface area contributed by atoms with Crippen LogP contribution in [-0.4, -0.2) is 5.78 Å². The van der Waals surface area contributed by atoms with Crippen molar-refractivity contribution >= 4 is 34.5 Å². The van der Waals surface area contributed by atoms with Crippen molar-refractivity contribution in [3.05, 3.63) is 39.5 Å². The second-order valence-electron chi connectivity index (χ2n) is 2.68. The maximum Gasteiger partial charge on any atom is 0.168 e. The van der Waals surface area contributed by atoms with E-state index in [0.29, 0.717) is 6.42 Å². The van der Waals surface area contributed by atoms with Crippen LogP contribution in [0.5, 0.6) is 0 Å². The van der Waals surface area contributed by atoms with E-state index in [9.17, 15) is 4.79 Å². The van der Waals surface area contributed by atoms with Gasteiger partial charge < -0.3 is 0 Å². The summed E-state index contributed by atoms with van der Waals surface area (Å²) in [5, 5.41) is 0. The van der Waals surface area contributed by atoms with E-state index in [2.05, 4.69) is 22.6 Å². The van der Waals surface area contributed by atoms with Gasteiger partial charge in [-0.3, -0.25) is 4.79 Å². The van der Waals surface area contributed by atoms with Crippen LogP contribution in [0.1, 0.15) is 18.9 Å². The molecule has 1 aromatic carbocycles. The first kappa shape index (κ1) is 10.4. The molecule has 68 valence electrons. The average Bonchev–Trinajstić information content (AvgIpc) is 2.18. The lowest BCUT2D eigenvalue weighted by atomic mass is 10.2. The third kappa shape index (κ3) is 3.30. The molecule has 0 unspecified atom stereocenters. The summed E-state index contributed by atoms with van der Waals surface area (Å²) in [5.41, 5.74) is 1.08. The first-order chi connectivity index (χ1) is 6.24. The molecule has 0 atom stereocenters. The molecule has 0 bridgehead atoms. The Hall–Kier alpha value is -0.640. The summed E-state index contributed by atoms with van der Waals surface area (Å²) in [5.74, 6) is 0.199. The first-order valence-corrected chi connectivity index (χ1v) is 5.27. The van der Waals surface area contributed by atoms with Crippen LogP contribution in [0.3, 0.4) is 0 Å². The number of carbonyl (C=O) groups excluding carboxylic acids is 1. The van der Waals surface area contributed by atoms with Crippen molar-refractivity contribution in [1.82, 2.24) is 0 Å². The summed E-state index contributed by atoms with van der Waals surface area (Å²) < 4.78 is 0.798. The third-order valence-corrected chi connectivity index (χ3v) is 2.59. The van der Waals surface area contributed by atoms with E-state index in [0.717, 1.165) is 9.14 Å². The highest BCUT2D eigenvalue weighted by molar-refractivity contribution is 14.1. The number of halogens is 1. The number of rotatable bonds is 3. The molecule has 0 saturated heterocycles. The second-order valence-corrected chi connectivity index (χ2v) is 3.84. The largest absolute Gasteiger partial charge is 0.294 e. The lowest BCUT2D eigenvalue weighted by Crippen LogP contribution is -1.92. The maximum atomic E-state index is 11.2. The highest BCUT2D eigenvalue weighted by Gasteiger charge is 2.01. The fraction of sp³-hybridized carbons (Fsp3) is 0.182. The van der Waals surface area contributed by atoms with Gasteiger partial charge in [0.1, 0.15) is 0 Å². The maximum absolute atomic E-state index is 11.2. The summed E-state index contributed by atoms with van der Waals surface area (Å²) >= 11 is 2.08. The van der Waals surface area contributed by atoms with Gasteiger partial charge in [-0.1, -0.05) is 37.3 Å². The van der Waals surface area contributed by atoms with Crippen molar-refractivity contribution < 1.29 is 4.79 Å². The molecule has 1 aromatic rings. The number of hydrogen-bond acceptors (Lipinski definition) is 1. The van der Waals surface area contributed by atoms with Gasteiger partial charge >= 0.3 is 0 Å². The van der Waals surface area contributed by atoms with Crippen LogP contribution in [0.25, 0.3) is 6.08 Å². The lowest BCUT2D eigenvalue weighted by Gasteiger charge is -1.95. The second kappa shape index (κ2) is 5.17. The standard InChI is InChI=1S/C11H11IO/c1-2-11(13)10(12)8-9-6-4-3-5-7-9/h3-8H,2H2,1H3. The minimum atomic E-state index is 0.199. The van der Waals surface area contributed by atoms with E-state index < -0.39 is 0 Å². The number of carbonyl (C=O) groups is 1. The quantitative estimate of drug-likeness (QED) is 0.614. The zero-order valence-corrected chi connectivity index (χ0v) is 9.61. The van der Waals surface area contributed by atoms with E-state index >= 15 is 0 Å². The predicted molar refractivity (Wildman–Crippen MR) is 63.7 cm³/mol. The van der Waals surface area contributed by atoms with Gasteiger partial charge in [0.25, 0.3) is 0 Å². The van der Waals surface area contributed by atoms with Gasteiger partial charge in [0, 0.05) is 6.42 Å². The number of hydrogen-bond donors (Lipinski definition) is 0. The minimum Gasteiger partial charge on any atom is -0.294 e. The molecule has 0 aliphatic rings. The van der Waals surface area contributed by atoms with Crippen molar-refractivity contribution in [2.45, 2.75) is 13.3 Å². The van der Waals surface area contributed by atoms with Gasteiger partial charge in [-0.2, -0.15) is 0 Å². The normalized spacial score (nSPS) is 11.4. The first-order valence-electron chi connectivity index (χ1n) is 4.19. The Labute approximate surface area is 92.0 Å². The topological polar surface area (TPSA) is 17.1 Å². The highest BCUT2D eigenvalue weighted by atomic mass is 127. The fourth-order valence-electron chi connectivity index (χ4n) is 0.945. The molecule has 0 amide bonds. The molecular formula is C11H11IO. The van der Waals surface area contributed by atoms with E-state index in [-0.39, 0.29) is 5.78 Å². The summed E-state index contributed by atoms with van der Waals surface area (Å²) in [7, 11) is 0. The zero-order valence-electron chi connectivity index (χ0n) is 7.46. The van der Waals surface area contributed by atoms with Crippen molar-refractivity contribution in [3.8, 4) is 0 Å². The molecule has 0 aliphatic carbocycles. The van der Waals surface area contributed by atoms with Gasteiger partial charge in [-0.25, -0.2) is 0 Å². The SMILES string of the molecule is CCC(=O)C(I)=Cc1ccccc1. The molecule has 1 rings (SSSR count).